The molecule has 0 saturated heterocycles. The van der Waals surface area contributed by atoms with Crippen molar-refractivity contribution in [3.05, 3.63) is 112 Å². The number of hydrogen-bond donors (Lipinski definition) is 1. The number of anilines is 2. The van der Waals surface area contributed by atoms with Crippen LogP contribution in [0.25, 0.3) is 0 Å². The molecule has 0 unspecified atom stereocenters. The van der Waals surface area contributed by atoms with Crippen molar-refractivity contribution in [2.45, 2.75) is 13.5 Å². The molecule has 0 bridgehead atoms. The van der Waals surface area contributed by atoms with E-state index in [0.717, 1.165) is 16.2 Å². The third-order valence-electron chi connectivity index (χ3n) is 5.60. The number of nitrogens with one attached hydrogen (secondary N) is 1. The van der Waals surface area contributed by atoms with Gasteiger partial charge in [0.15, 0.2) is 5.82 Å². The summed E-state index contributed by atoms with van der Waals surface area (Å²) in [6, 6.07) is 22.3. The van der Waals surface area contributed by atoms with Gasteiger partial charge in [-0.3, -0.25) is 19.1 Å². The van der Waals surface area contributed by atoms with Gasteiger partial charge in [0.2, 0.25) is 0 Å². The van der Waals surface area contributed by atoms with E-state index in [1.807, 2.05) is 31.2 Å². The Morgan fingerprint density at radius 3 is 2.32 bits per heavy atom. The maximum Gasteiger partial charge on any atom is 0.266 e. The number of benzene rings is 3. The van der Waals surface area contributed by atoms with E-state index >= 15 is 0 Å². The first kappa shape index (κ1) is 21.6. The van der Waals surface area contributed by atoms with Gasteiger partial charge in [-0.25, -0.2) is 4.90 Å². The smallest absolute Gasteiger partial charge is 0.266 e. The first-order valence-corrected chi connectivity index (χ1v) is 11.0. The minimum atomic E-state index is -0.409. The van der Waals surface area contributed by atoms with Crippen molar-refractivity contribution in [1.29, 1.82) is 0 Å². The van der Waals surface area contributed by atoms with E-state index in [-0.39, 0.29) is 0 Å². The van der Waals surface area contributed by atoms with E-state index < -0.39 is 17.7 Å². The largest absolute Gasteiger partial charge is 0.305 e. The van der Waals surface area contributed by atoms with E-state index in [1.54, 1.807) is 53.2 Å². The second kappa shape index (κ2) is 8.61. The second-order valence-electron chi connectivity index (χ2n) is 7.95. The van der Waals surface area contributed by atoms with Crippen molar-refractivity contribution >= 4 is 40.8 Å². The molecular weight excluding hydrogens is 452 g/mol. The number of aryl methyl sites for hydroxylation is 1. The molecule has 3 amide bonds. The van der Waals surface area contributed by atoms with Crippen LogP contribution in [-0.2, 0) is 6.54 Å². The quantitative estimate of drug-likeness (QED) is 0.418. The van der Waals surface area contributed by atoms with Crippen LogP contribution >= 0.6 is 11.6 Å². The minimum Gasteiger partial charge on any atom is -0.305 e. The highest BCUT2D eigenvalue weighted by atomic mass is 35.5. The predicted octanol–water partition coefficient (Wildman–Crippen LogP) is 4.95. The normalized spacial score (nSPS) is 12.7. The number of hydrogen-bond acceptors (Lipinski definition) is 4. The third kappa shape index (κ3) is 3.97. The summed E-state index contributed by atoms with van der Waals surface area (Å²) >= 11 is 6.06. The summed E-state index contributed by atoms with van der Waals surface area (Å²) in [7, 11) is 0. The lowest BCUT2D eigenvalue weighted by molar-refractivity contribution is 0.0924. The van der Waals surface area contributed by atoms with Gasteiger partial charge in [0.25, 0.3) is 17.7 Å². The highest BCUT2D eigenvalue weighted by molar-refractivity contribution is 6.34. The molecule has 0 atom stereocenters. The molecule has 2 heterocycles. The SMILES string of the molecule is Cc1cc(NC(=O)c2cccc(N3C(=O)c4ccccc4C3=O)c2)nn1Cc1cccc(Cl)c1. The highest BCUT2D eigenvalue weighted by Gasteiger charge is 2.36. The van der Waals surface area contributed by atoms with Crippen LogP contribution in [0.3, 0.4) is 0 Å². The summed E-state index contributed by atoms with van der Waals surface area (Å²) in [5, 5.41) is 7.91. The predicted molar refractivity (Wildman–Crippen MR) is 129 cm³/mol. The molecule has 168 valence electrons. The van der Waals surface area contributed by atoms with Crippen LogP contribution in [-0.4, -0.2) is 27.5 Å². The molecule has 8 heteroatoms. The van der Waals surface area contributed by atoms with Crippen molar-refractivity contribution < 1.29 is 14.4 Å². The maximum absolute atomic E-state index is 12.9. The molecule has 0 fully saturated rings. The third-order valence-corrected chi connectivity index (χ3v) is 5.84. The molecule has 1 aromatic heterocycles. The van der Waals surface area contributed by atoms with Crippen LogP contribution in [0.15, 0.2) is 78.9 Å². The van der Waals surface area contributed by atoms with Gasteiger partial charge in [0.05, 0.1) is 23.4 Å². The van der Waals surface area contributed by atoms with Crippen LogP contribution in [0.2, 0.25) is 5.02 Å². The van der Waals surface area contributed by atoms with Crippen LogP contribution in [0.4, 0.5) is 11.5 Å². The molecular formula is C26H19ClN4O3. The van der Waals surface area contributed by atoms with E-state index in [0.29, 0.717) is 39.8 Å². The standard InChI is InChI=1S/C26H19ClN4O3/c1-16-12-23(29-30(16)15-17-6-4-8-19(27)13-17)28-24(32)18-7-5-9-20(14-18)31-25(33)21-10-2-3-11-22(21)26(31)34/h2-14H,15H2,1H3,(H,28,29,32). The Kier molecular flexibility index (Phi) is 5.47. The molecule has 5 rings (SSSR count). The lowest BCUT2D eigenvalue weighted by Crippen LogP contribution is -2.29. The van der Waals surface area contributed by atoms with Crippen molar-refractivity contribution in [3.8, 4) is 0 Å². The van der Waals surface area contributed by atoms with Gasteiger partial charge in [-0.15, -0.1) is 0 Å². The van der Waals surface area contributed by atoms with Gasteiger partial charge in [-0.2, -0.15) is 5.10 Å². The summed E-state index contributed by atoms with van der Waals surface area (Å²) in [5.74, 6) is -0.816. The number of rotatable bonds is 5. The van der Waals surface area contributed by atoms with Crippen molar-refractivity contribution in [2.24, 2.45) is 0 Å². The zero-order chi connectivity index (χ0) is 23.8. The Labute approximate surface area is 200 Å². The number of carbonyl (C=O) groups excluding carboxylic acids is 3. The second-order valence-corrected chi connectivity index (χ2v) is 8.39. The molecule has 34 heavy (non-hydrogen) atoms. The van der Waals surface area contributed by atoms with Gasteiger partial charge < -0.3 is 5.32 Å². The van der Waals surface area contributed by atoms with Gasteiger partial charge in [-0.1, -0.05) is 41.9 Å². The highest BCUT2D eigenvalue weighted by Crippen LogP contribution is 2.29. The van der Waals surface area contributed by atoms with Gasteiger partial charge in [0.1, 0.15) is 0 Å². The number of halogens is 1. The molecule has 0 saturated carbocycles. The molecule has 0 aliphatic carbocycles. The number of nitrogens with zero attached hydrogens (tertiary/aromatic N) is 3. The van der Waals surface area contributed by atoms with E-state index in [9.17, 15) is 14.4 Å². The summed E-state index contributed by atoms with van der Waals surface area (Å²) in [6.45, 7) is 2.41. The van der Waals surface area contributed by atoms with Gasteiger partial charge >= 0.3 is 0 Å². The number of imide groups is 1. The first-order chi connectivity index (χ1) is 16.4. The van der Waals surface area contributed by atoms with E-state index in [2.05, 4.69) is 10.4 Å². The summed E-state index contributed by atoms with van der Waals surface area (Å²) in [6.07, 6.45) is 0. The van der Waals surface area contributed by atoms with Crippen molar-refractivity contribution in [2.75, 3.05) is 10.2 Å². The van der Waals surface area contributed by atoms with Crippen LogP contribution in [0.5, 0.6) is 0 Å². The molecule has 1 aliphatic heterocycles. The average molecular weight is 471 g/mol. The van der Waals surface area contributed by atoms with Crippen molar-refractivity contribution in [1.82, 2.24) is 9.78 Å². The maximum atomic E-state index is 12.9. The molecule has 0 radical (unpaired) electrons. The Balaban J connectivity index is 1.34. The fourth-order valence-corrected chi connectivity index (χ4v) is 4.15. The van der Waals surface area contributed by atoms with Gasteiger partial charge in [0, 0.05) is 22.3 Å². The summed E-state index contributed by atoms with van der Waals surface area (Å²) < 4.78 is 1.77. The monoisotopic (exact) mass is 470 g/mol. The number of aromatic nitrogens is 2. The summed E-state index contributed by atoms with van der Waals surface area (Å²) in [5.41, 5.74) is 3.20. The van der Waals surface area contributed by atoms with E-state index in [4.69, 9.17) is 11.6 Å². The Morgan fingerprint density at radius 2 is 1.62 bits per heavy atom. The molecule has 1 aliphatic rings. The molecule has 1 N–H and O–H groups in total. The summed E-state index contributed by atoms with van der Waals surface area (Å²) in [4.78, 5) is 39.6. The zero-order valence-corrected chi connectivity index (χ0v) is 18.9. The number of fused-ring (bicyclic) bond motifs is 1. The Morgan fingerprint density at radius 1 is 0.912 bits per heavy atom. The number of amides is 3. The lowest BCUT2D eigenvalue weighted by atomic mass is 10.1. The van der Waals surface area contributed by atoms with Gasteiger partial charge in [-0.05, 0) is 55.0 Å². The fourth-order valence-electron chi connectivity index (χ4n) is 3.94. The minimum absolute atomic E-state index is 0.302. The molecule has 7 nitrogen and oxygen atoms in total. The Bertz CT molecular complexity index is 1420. The van der Waals surface area contributed by atoms with Crippen LogP contribution in [0.1, 0.15) is 42.3 Å². The average Bonchev–Trinajstić information content (AvgIpc) is 3.29. The van der Waals surface area contributed by atoms with E-state index in [1.165, 1.54) is 6.07 Å². The van der Waals surface area contributed by atoms with Crippen LogP contribution in [0, 0.1) is 6.92 Å². The zero-order valence-electron chi connectivity index (χ0n) is 18.2. The Hall–Kier alpha value is -4.23. The molecule has 4 aromatic rings. The topological polar surface area (TPSA) is 84.3 Å². The van der Waals surface area contributed by atoms with Crippen LogP contribution < -0.4 is 10.2 Å². The molecule has 0 spiro atoms. The van der Waals surface area contributed by atoms with Crippen molar-refractivity contribution in [3.63, 3.8) is 0 Å². The molecule has 3 aromatic carbocycles. The lowest BCUT2D eigenvalue weighted by Gasteiger charge is -2.14. The number of carbonyl (C=O) groups is 3. The fraction of sp³-hybridized carbons (Fsp3) is 0.0769. The first-order valence-electron chi connectivity index (χ1n) is 10.6.